The van der Waals surface area contributed by atoms with Crippen LogP contribution in [-0.2, 0) is 9.53 Å². The molecule has 0 aromatic carbocycles. The first-order valence-corrected chi connectivity index (χ1v) is 6.44. The lowest BCUT2D eigenvalue weighted by Gasteiger charge is -2.18. The predicted octanol–water partition coefficient (Wildman–Crippen LogP) is 1.61. The minimum Gasteiger partial charge on any atom is -0.476 e. The van der Waals surface area contributed by atoms with E-state index in [-0.39, 0.29) is 5.71 Å². The molecule has 1 aliphatic rings. The van der Waals surface area contributed by atoms with E-state index in [0.29, 0.717) is 12.0 Å². The lowest BCUT2D eigenvalue weighted by atomic mass is 10.1. The largest absolute Gasteiger partial charge is 0.476 e. The van der Waals surface area contributed by atoms with E-state index in [0.717, 1.165) is 18.5 Å². The van der Waals surface area contributed by atoms with E-state index in [9.17, 15) is 14.7 Å². The zero-order valence-electron chi connectivity index (χ0n) is 12.2. The van der Waals surface area contributed by atoms with Crippen LogP contribution >= 0.6 is 0 Å². The molecule has 0 radical (unpaired) electrons. The average molecular weight is 283 g/mol. The lowest BCUT2D eigenvalue weighted by molar-refractivity contribution is -0.129. The monoisotopic (exact) mass is 283 g/mol. The number of carbonyl (C=O) groups is 2. The summed E-state index contributed by atoms with van der Waals surface area (Å²) in [4.78, 5) is 22.7. The van der Waals surface area contributed by atoms with E-state index >= 15 is 0 Å². The zero-order chi connectivity index (χ0) is 15.3. The molecule has 20 heavy (non-hydrogen) atoms. The molecule has 7 heteroatoms. The lowest BCUT2D eigenvalue weighted by Crippen LogP contribution is -2.31. The maximum absolute atomic E-state index is 11.5. The number of rotatable bonds is 4. The van der Waals surface area contributed by atoms with Crippen LogP contribution in [0.2, 0.25) is 0 Å². The number of allylic oxidation sites excluding steroid dienone is 1. The van der Waals surface area contributed by atoms with Gasteiger partial charge in [0.1, 0.15) is 5.60 Å². The van der Waals surface area contributed by atoms with Crippen LogP contribution in [-0.4, -0.2) is 35.5 Å². The van der Waals surface area contributed by atoms with Crippen LogP contribution in [0.15, 0.2) is 16.4 Å². The molecule has 1 amide bonds. The molecule has 1 aliphatic carbocycles. The van der Waals surface area contributed by atoms with E-state index in [2.05, 4.69) is 15.8 Å². The summed E-state index contributed by atoms with van der Waals surface area (Å²) >= 11 is 0. The minimum absolute atomic E-state index is 0.155. The first kappa shape index (κ1) is 16.0. The van der Waals surface area contributed by atoms with Crippen molar-refractivity contribution in [1.29, 1.82) is 0 Å². The number of aliphatic carboxylic acids is 1. The second-order valence-electron chi connectivity index (χ2n) is 5.44. The van der Waals surface area contributed by atoms with Crippen LogP contribution in [0.5, 0.6) is 0 Å². The predicted molar refractivity (Wildman–Crippen MR) is 74.4 cm³/mol. The Labute approximate surface area is 118 Å². The Hall–Kier alpha value is -2.05. The van der Waals surface area contributed by atoms with Gasteiger partial charge in [0.15, 0.2) is 5.71 Å². The molecule has 0 saturated carbocycles. The first-order valence-electron chi connectivity index (χ1n) is 6.44. The van der Waals surface area contributed by atoms with Crippen molar-refractivity contribution in [2.75, 3.05) is 7.05 Å². The van der Waals surface area contributed by atoms with E-state index in [1.165, 1.54) is 0 Å². The van der Waals surface area contributed by atoms with Crippen molar-refractivity contribution in [3.63, 3.8) is 0 Å². The fourth-order valence-electron chi connectivity index (χ4n) is 1.93. The Morgan fingerprint density at radius 1 is 1.30 bits per heavy atom. The number of ether oxygens (including phenoxy) is 1. The number of nitrogens with one attached hydrogen (secondary N) is 2. The van der Waals surface area contributed by atoms with Crippen LogP contribution in [0.1, 0.15) is 40.0 Å². The molecule has 0 fully saturated rings. The molecule has 0 bridgehead atoms. The van der Waals surface area contributed by atoms with E-state index in [1.807, 2.05) is 0 Å². The van der Waals surface area contributed by atoms with Gasteiger partial charge >= 0.3 is 12.1 Å². The fraction of sp³-hybridized carbons (Fsp3) is 0.615. The molecule has 0 saturated heterocycles. The van der Waals surface area contributed by atoms with E-state index < -0.39 is 17.7 Å². The smallest absolute Gasteiger partial charge is 0.428 e. The summed E-state index contributed by atoms with van der Waals surface area (Å²) in [5.41, 5.74) is 2.78. The Balaban J connectivity index is 2.85. The van der Waals surface area contributed by atoms with E-state index in [4.69, 9.17) is 4.74 Å². The minimum atomic E-state index is -1.18. The topological polar surface area (TPSA) is 100 Å². The van der Waals surface area contributed by atoms with Crippen molar-refractivity contribution in [2.24, 2.45) is 5.10 Å². The van der Waals surface area contributed by atoms with Gasteiger partial charge in [-0.3, -0.25) is 0 Å². The molecule has 0 aliphatic heterocycles. The molecular formula is C13H21N3O4. The van der Waals surface area contributed by atoms with Crippen LogP contribution in [0.25, 0.3) is 0 Å². The maximum atomic E-state index is 11.5. The van der Waals surface area contributed by atoms with Crippen molar-refractivity contribution in [2.45, 2.75) is 45.6 Å². The van der Waals surface area contributed by atoms with Crippen molar-refractivity contribution in [1.82, 2.24) is 10.7 Å². The summed E-state index contributed by atoms with van der Waals surface area (Å²) in [6, 6.07) is 0. The number of carboxylic acids is 1. The fourth-order valence-corrected chi connectivity index (χ4v) is 1.93. The number of carbonyl (C=O) groups excluding carboxylic acids is 1. The third-order valence-electron chi connectivity index (χ3n) is 2.67. The molecular weight excluding hydrogens is 262 g/mol. The number of nitrogens with zero attached hydrogens (tertiary/aromatic N) is 1. The Morgan fingerprint density at radius 2 is 1.95 bits per heavy atom. The van der Waals surface area contributed by atoms with Crippen LogP contribution in [0, 0.1) is 0 Å². The molecule has 1 rings (SSSR count). The average Bonchev–Trinajstić information content (AvgIpc) is 2.74. The molecule has 112 valence electrons. The molecule has 3 N–H and O–H groups in total. The number of hydrogen-bond acceptors (Lipinski definition) is 5. The highest BCUT2D eigenvalue weighted by atomic mass is 16.6. The molecule has 0 heterocycles. The van der Waals surface area contributed by atoms with Gasteiger partial charge < -0.3 is 15.2 Å². The van der Waals surface area contributed by atoms with Gasteiger partial charge in [-0.25, -0.2) is 15.0 Å². The summed E-state index contributed by atoms with van der Waals surface area (Å²) in [5.74, 6) is -1.18. The second kappa shape index (κ2) is 6.40. The quantitative estimate of drug-likeness (QED) is 0.537. The standard InChI is InChI=1S/C13H21N3O4/c1-13(2,3)20-12(19)16-15-10(11(17)18)8-6-5-7-9(8)14-4/h14H,5-7H2,1-4H3,(H,16,19)(H,17,18)/b15-10+. The highest BCUT2D eigenvalue weighted by molar-refractivity contribution is 6.42. The van der Waals surface area contributed by atoms with Crippen LogP contribution < -0.4 is 10.7 Å². The highest BCUT2D eigenvalue weighted by Gasteiger charge is 2.24. The summed E-state index contributed by atoms with van der Waals surface area (Å²) in [7, 11) is 1.74. The van der Waals surface area contributed by atoms with Crippen molar-refractivity contribution in [3.8, 4) is 0 Å². The third kappa shape index (κ3) is 4.56. The number of hydrazone groups is 1. The van der Waals surface area contributed by atoms with Gasteiger partial charge in [-0.1, -0.05) is 0 Å². The molecule has 0 aromatic heterocycles. The van der Waals surface area contributed by atoms with Gasteiger partial charge in [-0.05, 0) is 40.0 Å². The molecule has 0 spiro atoms. The summed E-state index contributed by atoms with van der Waals surface area (Å²) < 4.78 is 5.00. The number of hydrogen-bond donors (Lipinski definition) is 3. The Bertz CT molecular complexity index is 461. The maximum Gasteiger partial charge on any atom is 0.428 e. The first-order chi connectivity index (χ1) is 9.24. The van der Waals surface area contributed by atoms with Gasteiger partial charge in [0, 0.05) is 18.3 Å². The number of carboxylic acid groups (broad SMARTS) is 1. The van der Waals surface area contributed by atoms with Crippen molar-refractivity contribution in [3.05, 3.63) is 11.3 Å². The van der Waals surface area contributed by atoms with Gasteiger partial charge in [-0.2, -0.15) is 5.10 Å². The van der Waals surface area contributed by atoms with Gasteiger partial charge in [0.2, 0.25) is 0 Å². The molecule has 0 unspecified atom stereocenters. The Morgan fingerprint density at radius 3 is 2.45 bits per heavy atom. The van der Waals surface area contributed by atoms with Gasteiger partial charge in [0.25, 0.3) is 0 Å². The third-order valence-corrected chi connectivity index (χ3v) is 2.67. The SMILES string of the molecule is CNC1=C(/C(=N\NC(=O)OC(C)(C)C)C(=O)O)CCC1. The zero-order valence-corrected chi connectivity index (χ0v) is 12.2. The van der Waals surface area contributed by atoms with Crippen LogP contribution in [0.3, 0.4) is 0 Å². The second-order valence-corrected chi connectivity index (χ2v) is 5.44. The van der Waals surface area contributed by atoms with Gasteiger partial charge in [-0.15, -0.1) is 0 Å². The van der Waals surface area contributed by atoms with Crippen molar-refractivity contribution < 1.29 is 19.4 Å². The van der Waals surface area contributed by atoms with Gasteiger partial charge in [0.05, 0.1) is 0 Å². The molecule has 0 aromatic rings. The normalized spacial score (nSPS) is 16.1. The molecule has 0 atom stereocenters. The summed E-state index contributed by atoms with van der Waals surface area (Å²) in [6.45, 7) is 5.15. The number of amides is 1. The highest BCUT2D eigenvalue weighted by Crippen LogP contribution is 2.25. The summed E-state index contributed by atoms with van der Waals surface area (Å²) in [6.07, 6.45) is 1.49. The molecule has 7 nitrogen and oxygen atoms in total. The van der Waals surface area contributed by atoms with Crippen molar-refractivity contribution >= 4 is 17.8 Å². The Kier molecular flexibility index (Phi) is 5.12. The summed E-state index contributed by atoms with van der Waals surface area (Å²) in [5, 5.41) is 15.9. The van der Waals surface area contributed by atoms with Crippen LogP contribution in [0.4, 0.5) is 4.79 Å². The van der Waals surface area contributed by atoms with E-state index in [1.54, 1.807) is 27.8 Å².